The fourth-order valence-electron chi connectivity index (χ4n) is 5.24. The number of amides is 1. The van der Waals surface area contributed by atoms with Crippen LogP contribution in [0.4, 0.5) is 0 Å². The molecule has 0 aromatic heterocycles. The van der Waals surface area contributed by atoms with E-state index in [2.05, 4.69) is 5.32 Å². The van der Waals surface area contributed by atoms with Crippen molar-refractivity contribution in [2.75, 3.05) is 0 Å². The Morgan fingerprint density at radius 1 is 1.11 bits per heavy atom. The molecule has 0 aliphatic heterocycles. The monoisotopic (exact) mass is 263 g/mol. The molecule has 0 heterocycles. The van der Waals surface area contributed by atoms with E-state index in [1.165, 1.54) is 45.4 Å². The Labute approximate surface area is 115 Å². The van der Waals surface area contributed by atoms with E-state index < -0.39 is 0 Å². The minimum Gasteiger partial charge on any atom is -0.347 e. The first-order chi connectivity index (χ1) is 8.96. The molecule has 1 N–H and O–H groups in total. The summed E-state index contributed by atoms with van der Waals surface area (Å²) in [5.74, 6) is 2.77. The lowest BCUT2D eigenvalue weighted by molar-refractivity contribution is -0.132. The molecule has 1 unspecified atom stereocenters. The number of carbonyl (C=O) groups excluding carboxylic acids is 2. The second-order valence-corrected chi connectivity index (χ2v) is 7.49. The zero-order valence-electron chi connectivity index (χ0n) is 12.1. The number of nitrogens with one attached hydrogen (secondary N) is 1. The highest BCUT2D eigenvalue weighted by Crippen LogP contribution is 2.61. The molecular formula is C16H25NO2. The first-order valence-corrected chi connectivity index (χ1v) is 7.75. The van der Waals surface area contributed by atoms with Crippen LogP contribution in [0, 0.1) is 23.2 Å². The molecule has 0 saturated heterocycles. The van der Waals surface area contributed by atoms with E-state index in [1.54, 1.807) is 6.92 Å². The summed E-state index contributed by atoms with van der Waals surface area (Å²) in [5, 5.41) is 2.87. The van der Waals surface area contributed by atoms with E-state index in [0.717, 1.165) is 17.8 Å². The average molecular weight is 263 g/mol. The van der Waals surface area contributed by atoms with Crippen LogP contribution in [0.5, 0.6) is 0 Å². The molecule has 0 spiro atoms. The van der Waals surface area contributed by atoms with Gasteiger partial charge in [-0.15, -0.1) is 0 Å². The van der Waals surface area contributed by atoms with Crippen LogP contribution in [-0.2, 0) is 9.59 Å². The molecule has 4 bridgehead atoms. The standard InChI is InChI=1S/C16H25NO2/c1-10(11(2)18)17-15(19)9-16-6-12-3-13(7-16)5-14(4-12)8-16/h10,12-14H,3-9H2,1-2H3,(H,17,19). The van der Waals surface area contributed by atoms with Crippen LogP contribution in [0.1, 0.15) is 58.8 Å². The topological polar surface area (TPSA) is 46.2 Å². The number of rotatable bonds is 4. The fraction of sp³-hybridized carbons (Fsp3) is 0.875. The van der Waals surface area contributed by atoms with Crippen LogP contribution in [0.2, 0.25) is 0 Å². The van der Waals surface area contributed by atoms with Gasteiger partial charge in [-0.1, -0.05) is 0 Å². The molecule has 1 amide bonds. The average Bonchev–Trinajstić information content (AvgIpc) is 2.25. The number of hydrogen-bond acceptors (Lipinski definition) is 2. The molecule has 4 fully saturated rings. The first kappa shape index (κ1) is 13.1. The molecule has 4 aliphatic rings. The van der Waals surface area contributed by atoms with Crippen molar-refractivity contribution in [3.8, 4) is 0 Å². The van der Waals surface area contributed by atoms with Gasteiger partial charge < -0.3 is 5.32 Å². The number of Topliss-reactive ketones (excluding diaryl/α,β-unsaturated/α-hetero) is 1. The van der Waals surface area contributed by atoms with Gasteiger partial charge in [0.25, 0.3) is 0 Å². The summed E-state index contributed by atoms with van der Waals surface area (Å²) in [5.41, 5.74) is 0.273. The molecule has 4 rings (SSSR count). The van der Waals surface area contributed by atoms with Crippen LogP contribution in [0.15, 0.2) is 0 Å². The van der Waals surface area contributed by atoms with Crippen molar-refractivity contribution in [1.29, 1.82) is 0 Å². The van der Waals surface area contributed by atoms with Gasteiger partial charge in [-0.05, 0) is 75.5 Å². The van der Waals surface area contributed by atoms with Gasteiger partial charge in [-0.3, -0.25) is 9.59 Å². The molecular weight excluding hydrogens is 238 g/mol. The summed E-state index contributed by atoms with van der Waals surface area (Å²) in [4.78, 5) is 23.4. The fourth-order valence-corrected chi connectivity index (χ4v) is 5.24. The van der Waals surface area contributed by atoms with Crippen LogP contribution in [0.25, 0.3) is 0 Å². The predicted molar refractivity (Wildman–Crippen MR) is 73.5 cm³/mol. The van der Waals surface area contributed by atoms with Gasteiger partial charge in [0.2, 0.25) is 5.91 Å². The zero-order chi connectivity index (χ0) is 13.6. The van der Waals surface area contributed by atoms with Crippen molar-refractivity contribution in [2.45, 2.75) is 64.8 Å². The number of carbonyl (C=O) groups is 2. The Morgan fingerprint density at radius 2 is 1.58 bits per heavy atom. The molecule has 4 saturated carbocycles. The molecule has 0 aromatic rings. The Balaban J connectivity index is 1.63. The number of ketones is 1. The van der Waals surface area contributed by atoms with Gasteiger partial charge in [0.05, 0.1) is 6.04 Å². The van der Waals surface area contributed by atoms with Gasteiger partial charge in [0, 0.05) is 6.42 Å². The maximum absolute atomic E-state index is 12.2. The quantitative estimate of drug-likeness (QED) is 0.847. The predicted octanol–water partition coefficient (Wildman–Crippen LogP) is 2.69. The molecule has 106 valence electrons. The van der Waals surface area contributed by atoms with Crippen molar-refractivity contribution in [2.24, 2.45) is 23.2 Å². The third-order valence-electron chi connectivity index (χ3n) is 5.69. The highest BCUT2D eigenvalue weighted by Gasteiger charge is 2.51. The summed E-state index contributed by atoms with van der Waals surface area (Å²) < 4.78 is 0. The Kier molecular flexibility index (Phi) is 3.18. The second-order valence-electron chi connectivity index (χ2n) is 7.49. The summed E-state index contributed by atoms with van der Waals surface area (Å²) >= 11 is 0. The Morgan fingerprint density at radius 3 is 2.00 bits per heavy atom. The van der Waals surface area contributed by atoms with E-state index >= 15 is 0 Å². The molecule has 19 heavy (non-hydrogen) atoms. The van der Waals surface area contributed by atoms with Crippen LogP contribution >= 0.6 is 0 Å². The summed E-state index contributed by atoms with van der Waals surface area (Å²) in [6, 6.07) is -0.332. The van der Waals surface area contributed by atoms with Crippen LogP contribution in [-0.4, -0.2) is 17.7 Å². The van der Waals surface area contributed by atoms with E-state index in [-0.39, 0.29) is 23.1 Å². The third-order valence-corrected chi connectivity index (χ3v) is 5.69. The normalized spacial score (nSPS) is 41.1. The summed E-state index contributed by atoms with van der Waals surface area (Å²) in [6.07, 6.45) is 8.62. The van der Waals surface area contributed by atoms with Gasteiger partial charge in [0.15, 0.2) is 5.78 Å². The zero-order valence-corrected chi connectivity index (χ0v) is 12.1. The van der Waals surface area contributed by atoms with Crippen molar-refractivity contribution in [1.82, 2.24) is 5.32 Å². The highest BCUT2D eigenvalue weighted by molar-refractivity contribution is 5.87. The number of hydrogen-bond donors (Lipinski definition) is 1. The molecule has 3 heteroatoms. The van der Waals surface area contributed by atoms with Gasteiger partial charge in [-0.2, -0.15) is 0 Å². The van der Waals surface area contributed by atoms with E-state index in [4.69, 9.17) is 0 Å². The smallest absolute Gasteiger partial charge is 0.221 e. The van der Waals surface area contributed by atoms with Crippen LogP contribution < -0.4 is 5.32 Å². The van der Waals surface area contributed by atoms with Gasteiger partial charge in [-0.25, -0.2) is 0 Å². The first-order valence-electron chi connectivity index (χ1n) is 7.75. The minimum absolute atomic E-state index is 0.0406. The van der Waals surface area contributed by atoms with Crippen molar-refractivity contribution in [3.63, 3.8) is 0 Å². The molecule has 3 nitrogen and oxygen atoms in total. The second kappa shape index (κ2) is 4.60. The molecule has 4 aliphatic carbocycles. The van der Waals surface area contributed by atoms with Gasteiger partial charge >= 0.3 is 0 Å². The molecule has 0 aromatic carbocycles. The van der Waals surface area contributed by atoms with Crippen molar-refractivity contribution < 1.29 is 9.59 Å². The maximum atomic E-state index is 12.2. The lowest BCUT2D eigenvalue weighted by Gasteiger charge is -2.56. The summed E-state index contributed by atoms with van der Waals surface area (Å²) in [7, 11) is 0. The lowest BCUT2D eigenvalue weighted by atomic mass is 9.49. The van der Waals surface area contributed by atoms with Gasteiger partial charge in [0.1, 0.15) is 0 Å². The summed E-state index contributed by atoms with van der Waals surface area (Å²) in [6.45, 7) is 3.32. The molecule has 0 radical (unpaired) electrons. The Hall–Kier alpha value is -0.860. The van der Waals surface area contributed by atoms with E-state index in [0.29, 0.717) is 6.42 Å². The largest absolute Gasteiger partial charge is 0.347 e. The maximum Gasteiger partial charge on any atom is 0.221 e. The van der Waals surface area contributed by atoms with E-state index in [1.807, 2.05) is 0 Å². The lowest BCUT2D eigenvalue weighted by Crippen LogP contribution is -2.49. The molecule has 1 atom stereocenters. The van der Waals surface area contributed by atoms with E-state index in [9.17, 15) is 9.59 Å². The van der Waals surface area contributed by atoms with Crippen molar-refractivity contribution >= 4 is 11.7 Å². The highest BCUT2D eigenvalue weighted by atomic mass is 16.2. The SMILES string of the molecule is CC(=O)C(C)NC(=O)CC12CC3CC(CC(C3)C1)C2. The Bertz CT molecular complexity index is 366. The third kappa shape index (κ3) is 2.56. The van der Waals surface area contributed by atoms with Crippen LogP contribution in [0.3, 0.4) is 0 Å². The minimum atomic E-state index is -0.332. The van der Waals surface area contributed by atoms with Crippen molar-refractivity contribution in [3.05, 3.63) is 0 Å².